The first kappa shape index (κ1) is 28.1. The standard InChI is InChI=1S/C33H36N4O4/c1-6-9-29-24(21-37(31(34-29)39-5)25-16-18-26(19-17-25)40-33(2,3)4)20-22-12-14-23(15-13-22)27-10-7-8-11-28(27)30-35-32(38)41-36-30/h7-8,10-19,21,31H,6,9,20H2,1-5H3,(H,35,36,38). The van der Waals surface area contributed by atoms with Crippen LogP contribution in [0.4, 0.5) is 5.69 Å². The van der Waals surface area contributed by atoms with Crippen LogP contribution in [0.5, 0.6) is 5.75 Å². The van der Waals surface area contributed by atoms with Gasteiger partial charge in [-0.25, -0.2) is 9.79 Å². The summed E-state index contributed by atoms with van der Waals surface area (Å²) in [6.07, 6.45) is 4.33. The van der Waals surface area contributed by atoms with E-state index in [0.29, 0.717) is 5.82 Å². The van der Waals surface area contributed by atoms with E-state index in [4.69, 9.17) is 19.0 Å². The molecule has 1 aromatic heterocycles. The highest BCUT2D eigenvalue weighted by atomic mass is 16.5. The fourth-order valence-electron chi connectivity index (χ4n) is 4.91. The molecule has 4 aromatic rings. The van der Waals surface area contributed by atoms with Crippen molar-refractivity contribution in [3.8, 4) is 28.3 Å². The van der Waals surface area contributed by atoms with E-state index in [1.807, 2.05) is 69.3 Å². The van der Waals surface area contributed by atoms with Crippen LogP contribution in [-0.4, -0.2) is 34.9 Å². The second kappa shape index (κ2) is 12.0. The van der Waals surface area contributed by atoms with Gasteiger partial charge in [-0.3, -0.25) is 9.51 Å². The van der Waals surface area contributed by atoms with Gasteiger partial charge in [0.1, 0.15) is 11.4 Å². The molecule has 1 N–H and O–H groups in total. The second-order valence-electron chi connectivity index (χ2n) is 11.0. The third-order valence-corrected chi connectivity index (χ3v) is 6.71. The number of aromatic nitrogens is 2. The third kappa shape index (κ3) is 6.66. The van der Waals surface area contributed by atoms with Gasteiger partial charge < -0.3 is 14.4 Å². The zero-order valence-electron chi connectivity index (χ0n) is 24.2. The Morgan fingerprint density at radius 3 is 2.29 bits per heavy atom. The maximum absolute atomic E-state index is 11.5. The zero-order chi connectivity index (χ0) is 29.0. The summed E-state index contributed by atoms with van der Waals surface area (Å²) in [4.78, 5) is 21.2. The van der Waals surface area contributed by atoms with E-state index in [1.54, 1.807) is 7.11 Å². The number of aromatic amines is 1. The third-order valence-electron chi connectivity index (χ3n) is 6.71. The molecular weight excluding hydrogens is 516 g/mol. The lowest BCUT2D eigenvalue weighted by molar-refractivity contribution is 0.113. The first-order valence-electron chi connectivity index (χ1n) is 13.9. The number of anilines is 1. The molecule has 1 atom stereocenters. The van der Waals surface area contributed by atoms with Gasteiger partial charge in [-0.05, 0) is 73.7 Å². The minimum absolute atomic E-state index is 0.263. The Labute approximate surface area is 240 Å². The average molecular weight is 553 g/mol. The minimum atomic E-state index is -0.575. The lowest BCUT2D eigenvalue weighted by Gasteiger charge is -2.33. The Morgan fingerprint density at radius 1 is 0.976 bits per heavy atom. The van der Waals surface area contributed by atoms with E-state index in [2.05, 4.69) is 52.4 Å². The lowest BCUT2D eigenvalue weighted by Crippen LogP contribution is -2.36. The van der Waals surface area contributed by atoms with Crippen molar-refractivity contribution >= 4 is 11.4 Å². The van der Waals surface area contributed by atoms with Gasteiger partial charge in [-0.1, -0.05) is 67.0 Å². The van der Waals surface area contributed by atoms with Crippen molar-refractivity contribution in [1.82, 2.24) is 10.1 Å². The van der Waals surface area contributed by atoms with Crippen LogP contribution < -0.4 is 15.4 Å². The number of methoxy groups -OCH3 is 1. The van der Waals surface area contributed by atoms with E-state index in [1.165, 1.54) is 5.56 Å². The first-order valence-corrected chi connectivity index (χ1v) is 13.9. The highest BCUT2D eigenvalue weighted by Crippen LogP contribution is 2.32. The van der Waals surface area contributed by atoms with Crippen LogP contribution in [0.15, 0.2) is 98.9 Å². The molecule has 0 saturated carbocycles. The van der Waals surface area contributed by atoms with Crippen molar-refractivity contribution in [3.05, 3.63) is 101 Å². The van der Waals surface area contributed by atoms with Crippen molar-refractivity contribution in [1.29, 1.82) is 0 Å². The summed E-state index contributed by atoms with van der Waals surface area (Å²) in [6.45, 7) is 8.27. The van der Waals surface area contributed by atoms with E-state index >= 15 is 0 Å². The molecule has 0 bridgehead atoms. The number of hydrogen-bond donors (Lipinski definition) is 1. The fraction of sp³-hybridized carbons (Fsp3) is 0.303. The van der Waals surface area contributed by atoms with Crippen LogP contribution >= 0.6 is 0 Å². The van der Waals surface area contributed by atoms with Gasteiger partial charge in [0, 0.05) is 36.7 Å². The number of aliphatic imine (C=N–C) groups is 1. The molecule has 0 saturated heterocycles. The molecule has 0 fully saturated rings. The van der Waals surface area contributed by atoms with Crippen LogP contribution in [0.3, 0.4) is 0 Å². The van der Waals surface area contributed by atoms with Gasteiger partial charge in [0.05, 0.1) is 0 Å². The molecule has 1 aliphatic heterocycles. The Kier molecular flexibility index (Phi) is 8.21. The molecule has 0 radical (unpaired) electrons. The van der Waals surface area contributed by atoms with Crippen LogP contribution in [-0.2, 0) is 11.2 Å². The van der Waals surface area contributed by atoms with Crippen molar-refractivity contribution in [2.75, 3.05) is 12.0 Å². The smallest absolute Gasteiger partial charge is 0.439 e. The molecule has 1 unspecified atom stereocenters. The van der Waals surface area contributed by atoms with Crippen molar-refractivity contribution < 1.29 is 14.0 Å². The number of H-pyrrole nitrogens is 1. The first-order chi connectivity index (χ1) is 19.7. The maximum Gasteiger partial charge on any atom is 0.439 e. The Hall–Kier alpha value is -4.43. The van der Waals surface area contributed by atoms with E-state index in [0.717, 1.165) is 58.7 Å². The summed E-state index contributed by atoms with van der Waals surface area (Å²) in [6, 6.07) is 24.3. The molecular formula is C33H36N4O4. The maximum atomic E-state index is 11.5. The van der Waals surface area contributed by atoms with Crippen molar-refractivity contribution in [2.45, 2.75) is 58.9 Å². The Bertz CT molecular complexity index is 1590. The van der Waals surface area contributed by atoms with Crippen LogP contribution in [0.1, 0.15) is 46.1 Å². The summed E-state index contributed by atoms with van der Waals surface area (Å²) < 4.78 is 16.5. The summed E-state index contributed by atoms with van der Waals surface area (Å²) in [5.41, 5.74) is 6.89. The molecule has 41 heavy (non-hydrogen) atoms. The molecule has 8 heteroatoms. The van der Waals surface area contributed by atoms with E-state index in [9.17, 15) is 4.79 Å². The quantitative estimate of drug-likeness (QED) is 0.241. The lowest BCUT2D eigenvalue weighted by atomic mass is 9.94. The van der Waals surface area contributed by atoms with Crippen molar-refractivity contribution in [2.24, 2.45) is 4.99 Å². The molecule has 3 aromatic carbocycles. The molecule has 5 rings (SSSR count). The monoisotopic (exact) mass is 552 g/mol. The van der Waals surface area contributed by atoms with Gasteiger partial charge in [-0.2, -0.15) is 0 Å². The van der Waals surface area contributed by atoms with Crippen LogP contribution in [0.25, 0.3) is 22.5 Å². The average Bonchev–Trinajstić information content (AvgIpc) is 3.40. The number of nitrogens with one attached hydrogen (secondary N) is 1. The SMILES string of the molecule is CCCC1=NC(OC)N(c2ccc(OC(C)(C)C)cc2)C=C1Cc1ccc(-c2ccccc2-c2noc(=O)[nH]2)cc1. The van der Waals surface area contributed by atoms with Crippen LogP contribution in [0.2, 0.25) is 0 Å². The van der Waals surface area contributed by atoms with E-state index < -0.39 is 12.1 Å². The number of benzene rings is 3. The Morgan fingerprint density at radius 2 is 1.68 bits per heavy atom. The molecule has 0 aliphatic carbocycles. The Balaban J connectivity index is 1.41. The normalized spacial score (nSPS) is 15.4. The van der Waals surface area contributed by atoms with E-state index in [-0.39, 0.29) is 5.60 Å². The summed E-state index contributed by atoms with van der Waals surface area (Å²) >= 11 is 0. The number of hydrogen-bond acceptors (Lipinski definition) is 7. The minimum Gasteiger partial charge on any atom is -0.488 e. The number of allylic oxidation sites excluding steroid dienone is 1. The number of nitrogens with zero attached hydrogens (tertiary/aromatic N) is 3. The molecule has 0 amide bonds. The summed E-state index contributed by atoms with van der Waals surface area (Å²) in [7, 11) is 1.69. The zero-order valence-corrected chi connectivity index (χ0v) is 24.2. The number of ether oxygens (including phenoxy) is 2. The molecule has 2 heterocycles. The van der Waals surface area contributed by atoms with Gasteiger partial charge in [-0.15, -0.1) is 0 Å². The predicted molar refractivity (Wildman–Crippen MR) is 162 cm³/mol. The number of rotatable bonds is 9. The summed E-state index contributed by atoms with van der Waals surface area (Å²) in [5.74, 6) is 0.658. The van der Waals surface area contributed by atoms with Gasteiger partial charge in [0.2, 0.25) is 6.35 Å². The van der Waals surface area contributed by atoms with Gasteiger partial charge in [0.25, 0.3) is 0 Å². The fourth-order valence-corrected chi connectivity index (χ4v) is 4.91. The van der Waals surface area contributed by atoms with Gasteiger partial charge >= 0.3 is 5.76 Å². The molecule has 8 nitrogen and oxygen atoms in total. The van der Waals surface area contributed by atoms with Crippen molar-refractivity contribution in [3.63, 3.8) is 0 Å². The summed E-state index contributed by atoms with van der Waals surface area (Å²) in [5, 5.41) is 3.87. The highest BCUT2D eigenvalue weighted by Gasteiger charge is 2.25. The molecule has 0 spiro atoms. The predicted octanol–water partition coefficient (Wildman–Crippen LogP) is 6.99. The molecule has 1 aliphatic rings. The topological polar surface area (TPSA) is 92.9 Å². The van der Waals surface area contributed by atoms with Gasteiger partial charge in [0.15, 0.2) is 5.82 Å². The van der Waals surface area contributed by atoms with Crippen LogP contribution in [0, 0.1) is 0 Å². The molecule has 212 valence electrons. The largest absolute Gasteiger partial charge is 0.488 e. The second-order valence-corrected chi connectivity index (χ2v) is 11.0. The highest BCUT2D eigenvalue weighted by molar-refractivity contribution is 6.02.